The third-order valence-corrected chi connectivity index (χ3v) is 3.11. The second-order valence-corrected chi connectivity index (χ2v) is 4.38. The van der Waals surface area contributed by atoms with Crippen molar-refractivity contribution >= 4 is 10.1 Å². The van der Waals surface area contributed by atoms with Crippen LogP contribution in [0.4, 0.5) is 0 Å². The average molecular weight is 166 g/mol. The lowest BCUT2D eigenvalue weighted by atomic mass is 10.3. The first-order valence-electron chi connectivity index (χ1n) is 3.34. The Labute approximate surface area is 62.5 Å². The van der Waals surface area contributed by atoms with Gasteiger partial charge in [0.05, 0.1) is 12.4 Å². The lowest BCUT2D eigenvalue weighted by molar-refractivity contribution is 0.386. The van der Waals surface area contributed by atoms with Gasteiger partial charge in [0.15, 0.2) is 0 Å². The summed E-state index contributed by atoms with van der Waals surface area (Å²) in [5, 5.41) is -0.373. The van der Waals surface area contributed by atoms with Gasteiger partial charge in [-0.05, 0) is 13.3 Å². The minimum atomic E-state index is -3.26. The molecule has 0 fully saturated rings. The Morgan fingerprint density at radius 3 is 2.30 bits per heavy atom. The largest absolute Gasteiger partial charge is 0.273 e. The van der Waals surface area contributed by atoms with Crippen molar-refractivity contribution in [1.82, 2.24) is 0 Å². The summed E-state index contributed by atoms with van der Waals surface area (Å²) in [6.07, 6.45) is 1.53. The molecule has 1 unspecified atom stereocenters. The summed E-state index contributed by atoms with van der Waals surface area (Å²) in [5.74, 6) is 0. The predicted octanol–water partition coefficient (Wildman–Crippen LogP) is 1.15. The van der Waals surface area contributed by atoms with E-state index in [0.717, 1.165) is 6.42 Å². The van der Waals surface area contributed by atoms with Crippen molar-refractivity contribution in [2.45, 2.75) is 31.9 Å². The Kier molecular flexibility index (Phi) is 3.89. The van der Waals surface area contributed by atoms with Gasteiger partial charge < -0.3 is 0 Å². The highest BCUT2D eigenvalue weighted by Gasteiger charge is 2.18. The summed E-state index contributed by atoms with van der Waals surface area (Å²) in [4.78, 5) is 0. The summed E-state index contributed by atoms with van der Waals surface area (Å²) in [6, 6.07) is 0. The third kappa shape index (κ3) is 2.66. The number of hydrogen-bond acceptors (Lipinski definition) is 3. The Morgan fingerprint density at radius 2 is 2.00 bits per heavy atom. The molecule has 0 N–H and O–H groups in total. The van der Waals surface area contributed by atoms with Gasteiger partial charge in [0.1, 0.15) is 0 Å². The van der Waals surface area contributed by atoms with Crippen molar-refractivity contribution in [3.05, 3.63) is 0 Å². The van der Waals surface area contributed by atoms with Crippen LogP contribution >= 0.6 is 0 Å². The molecule has 4 heteroatoms. The highest BCUT2D eigenvalue weighted by molar-refractivity contribution is 7.87. The molecule has 0 spiro atoms. The van der Waals surface area contributed by atoms with Crippen molar-refractivity contribution in [2.75, 3.05) is 7.11 Å². The van der Waals surface area contributed by atoms with E-state index in [-0.39, 0.29) is 5.25 Å². The van der Waals surface area contributed by atoms with Crippen molar-refractivity contribution in [2.24, 2.45) is 0 Å². The molecule has 62 valence electrons. The molecular weight excluding hydrogens is 152 g/mol. The normalized spacial score (nSPS) is 15.1. The van der Waals surface area contributed by atoms with Gasteiger partial charge in [-0.25, -0.2) is 0 Å². The average Bonchev–Trinajstić information content (AvgIpc) is 1.89. The third-order valence-electron chi connectivity index (χ3n) is 1.42. The minimum Gasteiger partial charge on any atom is -0.273 e. The van der Waals surface area contributed by atoms with Gasteiger partial charge in [-0.15, -0.1) is 0 Å². The van der Waals surface area contributed by atoms with Gasteiger partial charge in [-0.1, -0.05) is 13.3 Å². The molecule has 0 aromatic rings. The fourth-order valence-electron chi connectivity index (χ4n) is 0.715. The Hall–Kier alpha value is -0.0900. The minimum absolute atomic E-state index is 0.373. The van der Waals surface area contributed by atoms with E-state index < -0.39 is 10.1 Å². The van der Waals surface area contributed by atoms with Crippen LogP contribution < -0.4 is 0 Å². The van der Waals surface area contributed by atoms with E-state index in [0.29, 0.717) is 6.42 Å². The molecule has 0 bridgehead atoms. The Balaban J connectivity index is 4.06. The molecular formula is C6H14O3S. The van der Waals surface area contributed by atoms with Crippen LogP contribution in [0.15, 0.2) is 0 Å². The zero-order chi connectivity index (χ0) is 8.20. The number of hydrogen-bond donors (Lipinski definition) is 0. The van der Waals surface area contributed by atoms with E-state index in [2.05, 4.69) is 4.18 Å². The topological polar surface area (TPSA) is 43.4 Å². The van der Waals surface area contributed by atoms with E-state index >= 15 is 0 Å². The van der Waals surface area contributed by atoms with Crippen LogP contribution in [0.25, 0.3) is 0 Å². The molecule has 0 aromatic carbocycles. The molecule has 0 saturated heterocycles. The standard InChI is InChI=1S/C6H14O3S/c1-4-5-6(2)10(7,8)9-3/h6H,4-5H2,1-3H3. The molecule has 10 heavy (non-hydrogen) atoms. The molecule has 0 radical (unpaired) electrons. The van der Waals surface area contributed by atoms with Crippen molar-refractivity contribution < 1.29 is 12.6 Å². The van der Waals surface area contributed by atoms with Crippen LogP contribution in [0.2, 0.25) is 0 Å². The van der Waals surface area contributed by atoms with E-state index in [9.17, 15) is 8.42 Å². The zero-order valence-corrected chi connectivity index (χ0v) is 7.44. The summed E-state index contributed by atoms with van der Waals surface area (Å²) in [6.45, 7) is 3.60. The fourth-order valence-corrected chi connectivity index (χ4v) is 1.57. The van der Waals surface area contributed by atoms with Crippen molar-refractivity contribution in [3.8, 4) is 0 Å². The van der Waals surface area contributed by atoms with Gasteiger partial charge >= 0.3 is 0 Å². The van der Waals surface area contributed by atoms with Crippen molar-refractivity contribution in [3.63, 3.8) is 0 Å². The Bertz CT molecular complexity index is 171. The van der Waals surface area contributed by atoms with Crippen LogP contribution in [-0.4, -0.2) is 20.8 Å². The quantitative estimate of drug-likeness (QED) is 0.588. The summed E-state index contributed by atoms with van der Waals surface area (Å²) >= 11 is 0. The van der Waals surface area contributed by atoms with Gasteiger partial charge in [-0.2, -0.15) is 8.42 Å². The molecule has 0 rings (SSSR count). The van der Waals surface area contributed by atoms with Crippen LogP contribution in [0.3, 0.4) is 0 Å². The molecule has 0 amide bonds. The summed E-state index contributed by atoms with van der Waals surface area (Å²) < 4.78 is 26.1. The molecule has 0 heterocycles. The smallest absolute Gasteiger partial charge is 0.269 e. The molecule has 3 nitrogen and oxygen atoms in total. The lowest BCUT2D eigenvalue weighted by Gasteiger charge is -2.07. The molecule has 0 aliphatic carbocycles. The molecule has 0 aliphatic rings. The molecule has 1 atom stereocenters. The maximum atomic E-state index is 10.9. The molecule has 0 aromatic heterocycles. The predicted molar refractivity (Wildman–Crippen MR) is 40.3 cm³/mol. The maximum absolute atomic E-state index is 10.9. The van der Waals surface area contributed by atoms with Crippen LogP contribution in [-0.2, 0) is 14.3 Å². The second kappa shape index (κ2) is 3.93. The van der Waals surface area contributed by atoms with Gasteiger partial charge in [-0.3, -0.25) is 4.18 Å². The highest BCUT2D eigenvalue weighted by Crippen LogP contribution is 2.08. The lowest BCUT2D eigenvalue weighted by Crippen LogP contribution is -2.18. The van der Waals surface area contributed by atoms with E-state index in [1.165, 1.54) is 7.11 Å². The monoisotopic (exact) mass is 166 g/mol. The second-order valence-electron chi connectivity index (χ2n) is 2.26. The first-order valence-corrected chi connectivity index (χ1v) is 4.81. The summed E-state index contributed by atoms with van der Waals surface area (Å²) in [7, 11) is -2.06. The molecule has 0 aliphatic heterocycles. The van der Waals surface area contributed by atoms with Crippen LogP contribution in [0.5, 0.6) is 0 Å². The molecule has 0 saturated carbocycles. The fraction of sp³-hybridized carbons (Fsp3) is 1.00. The van der Waals surface area contributed by atoms with Gasteiger partial charge in [0.2, 0.25) is 0 Å². The van der Waals surface area contributed by atoms with Crippen LogP contribution in [0.1, 0.15) is 26.7 Å². The highest BCUT2D eigenvalue weighted by atomic mass is 32.2. The van der Waals surface area contributed by atoms with Crippen molar-refractivity contribution in [1.29, 1.82) is 0 Å². The first kappa shape index (κ1) is 9.91. The van der Waals surface area contributed by atoms with Crippen LogP contribution in [0, 0.1) is 0 Å². The first-order chi connectivity index (χ1) is 4.54. The van der Waals surface area contributed by atoms with E-state index in [1.807, 2.05) is 6.92 Å². The Morgan fingerprint density at radius 1 is 1.50 bits per heavy atom. The summed E-state index contributed by atoms with van der Waals surface area (Å²) in [5.41, 5.74) is 0. The SMILES string of the molecule is CCCC(C)S(=O)(=O)OC. The maximum Gasteiger partial charge on any atom is 0.269 e. The number of rotatable bonds is 4. The zero-order valence-electron chi connectivity index (χ0n) is 6.62. The van der Waals surface area contributed by atoms with Gasteiger partial charge in [0.25, 0.3) is 10.1 Å². The van der Waals surface area contributed by atoms with Gasteiger partial charge in [0, 0.05) is 0 Å². The van der Waals surface area contributed by atoms with E-state index in [1.54, 1.807) is 6.92 Å². The van der Waals surface area contributed by atoms with E-state index in [4.69, 9.17) is 0 Å².